The van der Waals surface area contributed by atoms with E-state index in [1.807, 2.05) is 12.1 Å². The van der Waals surface area contributed by atoms with Gasteiger partial charge in [-0.15, -0.1) is 0 Å². The van der Waals surface area contributed by atoms with Gasteiger partial charge in [-0.05, 0) is 43.5 Å². The third kappa shape index (κ3) is 4.86. The third-order valence-corrected chi connectivity index (χ3v) is 7.03. The molecular formula is C21H26N4O5S. The summed E-state index contributed by atoms with van der Waals surface area (Å²) in [6, 6.07) is 7.32. The van der Waals surface area contributed by atoms with E-state index in [9.17, 15) is 18.0 Å². The van der Waals surface area contributed by atoms with Crippen LogP contribution in [0.5, 0.6) is 5.75 Å². The highest BCUT2D eigenvalue weighted by Gasteiger charge is 2.31. The van der Waals surface area contributed by atoms with Crippen LogP contribution in [0.2, 0.25) is 0 Å². The topological polar surface area (TPSA) is 113 Å². The van der Waals surface area contributed by atoms with Crippen molar-refractivity contribution in [1.82, 2.24) is 19.2 Å². The van der Waals surface area contributed by atoms with Crippen LogP contribution in [0.15, 0.2) is 29.1 Å². The van der Waals surface area contributed by atoms with Crippen LogP contribution in [0.1, 0.15) is 48.5 Å². The molecule has 166 valence electrons. The summed E-state index contributed by atoms with van der Waals surface area (Å²) in [4.78, 5) is 33.6. The molecular weight excluding hydrogens is 420 g/mol. The number of benzene rings is 1. The van der Waals surface area contributed by atoms with Crippen molar-refractivity contribution in [3.8, 4) is 5.75 Å². The van der Waals surface area contributed by atoms with Gasteiger partial charge in [-0.1, -0.05) is 12.1 Å². The number of H-pyrrole nitrogens is 1. The average molecular weight is 447 g/mol. The molecule has 2 aromatic rings. The molecule has 0 saturated carbocycles. The zero-order chi connectivity index (χ0) is 22.2. The van der Waals surface area contributed by atoms with Crippen molar-refractivity contribution in [3.63, 3.8) is 0 Å². The van der Waals surface area contributed by atoms with E-state index >= 15 is 0 Å². The fraction of sp³-hybridized carbons (Fsp3) is 0.476. The Morgan fingerprint density at radius 2 is 2.00 bits per heavy atom. The largest absolute Gasteiger partial charge is 0.427 e. The van der Waals surface area contributed by atoms with Gasteiger partial charge in [0.05, 0.1) is 24.5 Å². The van der Waals surface area contributed by atoms with E-state index in [-0.39, 0.29) is 24.1 Å². The van der Waals surface area contributed by atoms with E-state index in [4.69, 9.17) is 9.72 Å². The smallest absolute Gasteiger partial charge is 0.308 e. The van der Waals surface area contributed by atoms with Crippen molar-refractivity contribution < 1.29 is 17.9 Å². The number of hydrogen-bond acceptors (Lipinski definition) is 7. The summed E-state index contributed by atoms with van der Waals surface area (Å²) < 4.78 is 30.3. The highest BCUT2D eigenvalue weighted by molar-refractivity contribution is 7.88. The van der Waals surface area contributed by atoms with E-state index in [1.54, 1.807) is 12.1 Å². The zero-order valence-electron chi connectivity index (χ0n) is 17.6. The molecule has 1 saturated heterocycles. The molecule has 0 bridgehead atoms. The quantitative estimate of drug-likeness (QED) is 0.545. The van der Waals surface area contributed by atoms with Gasteiger partial charge < -0.3 is 9.72 Å². The summed E-state index contributed by atoms with van der Waals surface area (Å²) in [7, 11) is -3.34. The molecule has 1 aromatic heterocycles. The first-order valence-electron chi connectivity index (χ1n) is 10.3. The monoisotopic (exact) mass is 446 g/mol. The minimum atomic E-state index is -3.34. The van der Waals surface area contributed by atoms with Crippen molar-refractivity contribution in [2.45, 2.75) is 45.3 Å². The number of aromatic amines is 1. The van der Waals surface area contributed by atoms with Gasteiger partial charge in [-0.25, -0.2) is 13.4 Å². The lowest BCUT2D eigenvalue weighted by molar-refractivity contribution is -0.131. The minimum Gasteiger partial charge on any atom is -0.427 e. The van der Waals surface area contributed by atoms with E-state index < -0.39 is 10.0 Å². The van der Waals surface area contributed by atoms with Crippen molar-refractivity contribution >= 4 is 16.0 Å². The minimum absolute atomic E-state index is 0.0419. The standard InChI is InChI=1S/C21H26N4O5S/c1-14(26)30-16-7-5-15(6-8-16)12-24-10-3-4-19(24)20-22-18-13-25(31(2,28)29)11-9-17(18)21(27)23-20/h5-8,19H,3-4,9-13H2,1-2H3,(H,22,23,27)/t19-/m0/s1. The summed E-state index contributed by atoms with van der Waals surface area (Å²) in [5.74, 6) is 0.739. The van der Waals surface area contributed by atoms with Crippen LogP contribution in [0.3, 0.4) is 0 Å². The SMILES string of the molecule is CC(=O)Oc1ccc(CN2CCC[C@H]2c2nc3c(c(=O)[nH]2)CCN(S(C)(=O)=O)C3)cc1. The van der Waals surface area contributed by atoms with Crippen LogP contribution >= 0.6 is 0 Å². The van der Waals surface area contributed by atoms with Gasteiger partial charge in [0, 0.05) is 25.6 Å². The molecule has 1 atom stereocenters. The number of aromatic nitrogens is 2. The molecule has 0 unspecified atom stereocenters. The molecule has 9 nitrogen and oxygen atoms in total. The Hall–Kier alpha value is -2.56. The predicted octanol–water partition coefficient (Wildman–Crippen LogP) is 1.35. The highest BCUT2D eigenvalue weighted by atomic mass is 32.2. The summed E-state index contributed by atoms with van der Waals surface area (Å²) >= 11 is 0. The average Bonchev–Trinajstić information content (AvgIpc) is 3.16. The number of hydrogen-bond donors (Lipinski definition) is 1. The Balaban J connectivity index is 1.54. The fourth-order valence-electron chi connectivity index (χ4n) is 4.26. The van der Waals surface area contributed by atoms with Crippen LogP contribution in [-0.2, 0) is 34.3 Å². The molecule has 2 aliphatic heterocycles. The van der Waals surface area contributed by atoms with Gasteiger partial charge >= 0.3 is 5.97 Å². The number of likely N-dealkylation sites (tertiary alicyclic amines) is 1. The number of nitrogens with zero attached hydrogens (tertiary/aromatic N) is 3. The second-order valence-corrected chi connectivity index (χ2v) is 10.1. The maximum atomic E-state index is 12.7. The van der Waals surface area contributed by atoms with Crippen LogP contribution in [-0.4, -0.2) is 52.9 Å². The van der Waals surface area contributed by atoms with E-state index in [2.05, 4.69) is 9.88 Å². The number of fused-ring (bicyclic) bond motifs is 1. The van der Waals surface area contributed by atoms with Gasteiger partial charge in [-0.3, -0.25) is 14.5 Å². The molecule has 31 heavy (non-hydrogen) atoms. The van der Waals surface area contributed by atoms with Crippen molar-refractivity contribution in [1.29, 1.82) is 0 Å². The number of nitrogens with one attached hydrogen (secondary N) is 1. The first-order valence-corrected chi connectivity index (χ1v) is 12.1. The van der Waals surface area contributed by atoms with Crippen LogP contribution in [0, 0.1) is 0 Å². The second-order valence-electron chi connectivity index (χ2n) is 8.09. The second kappa shape index (κ2) is 8.52. The van der Waals surface area contributed by atoms with Gasteiger partial charge in [0.15, 0.2) is 0 Å². The lowest BCUT2D eigenvalue weighted by atomic mass is 10.1. The van der Waals surface area contributed by atoms with Crippen molar-refractivity contribution in [2.24, 2.45) is 0 Å². The van der Waals surface area contributed by atoms with Crippen molar-refractivity contribution in [2.75, 3.05) is 19.3 Å². The maximum Gasteiger partial charge on any atom is 0.308 e. The zero-order valence-corrected chi connectivity index (χ0v) is 18.4. The molecule has 0 amide bonds. The Morgan fingerprint density at radius 3 is 2.68 bits per heavy atom. The molecule has 0 aliphatic carbocycles. The maximum absolute atomic E-state index is 12.7. The molecule has 2 aliphatic rings. The molecule has 0 spiro atoms. The van der Waals surface area contributed by atoms with Gasteiger partial charge in [-0.2, -0.15) is 4.31 Å². The first kappa shape index (κ1) is 21.7. The number of rotatable bonds is 5. The summed E-state index contributed by atoms with van der Waals surface area (Å²) in [6.45, 7) is 3.34. The van der Waals surface area contributed by atoms with E-state index in [1.165, 1.54) is 17.5 Å². The number of ether oxygens (including phenoxy) is 1. The Bertz CT molecular complexity index is 1140. The Kier molecular flexibility index (Phi) is 5.96. The van der Waals surface area contributed by atoms with E-state index in [0.29, 0.717) is 42.3 Å². The van der Waals surface area contributed by atoms with Crippen molar-refractivity contribution in [3.05, 3.63) is 57.3 Å². The van der Waals surface area contributed by atoms with Crippen LogP contribution < -0.4 is 10.3 Å². The third-order valence-electron chi connectivity index (χ3n) is 5.78. The lowest BCUT2D eigenvalue weighted by Crippen LogP contribution is -2.39. The number of esters is 1. The van der Waals surface area contributed by atoms with Crippen LogP contribution in [0.25, 0.3) is 0 Å². The molecule has 1 N–H and O–H groups in total. The highest BCUT2D eigenvalue weighted by Crippen LogP contribution is 2.32. The molecule has 0 radical (unpaired) electrons. The van der Waals surface area contributed by atoms with Gasteiger partial charge in [0.25, 0.3) is 5.56 Å². The summed E-state index contributed by atoms with van der Waals surface area (Å²) in [5.41, 5.74) is 2.01. The number of sulfonamides is 1. The Labute approximate surface area is 181 Å². The van der Waals surface area contributed by atoms with E-state index in [0.717, 1.165) is 24.9 Å². The molecule has 4 rings (SSSR count). The molecule has 3 heterocycles. The van der Waals surface area contributed by atoms with Gasteiger partial charge in [0.2, 0.25) is 10.0 Å². The Morgan fingerprint density at radius 1 is 1.26 bits per heavy atom. The normalized spacial score (nSPS) is 19.9. The molecule has 10 heteroatoms. The molecule has 1 aromatic carbocycles. The van der Waals surface area contributed by atoms with Crippen LogP contribution in [0.4, 0.5) is 0 Å². The first-order chi connectivity index (χ1) is 14.7. The predicted molar refractivity (Wildman–Crippen MR) is 114 cm³/mol. The summed E-state index contributed by atoms with van der Waals surface area (Å²) in [5, 5.41) is 0. The summed E-state index contributed by atoms with van der Waals surface area (Å²) in [6.07, 6.45) is 3.39. The lowest BCUT2D eigenvalue weighted by Gasteiger charge is -2.28. The fourth-order valence-corrected chi connectivity index (χ4v) is 5.04. The number of carbonyl (C=O) groups excluding carboxylic acids is 1. The van der Waals surface area contributed by atoms with Gasteiger partial charge in [0.1, 0.15) is 11.6 Å². The molecule has 1 fully saturated rings. The number of carbonyl (C=O) groups is 1.